The third-order valence-electron chi connectivity index (χ3n) is 4.42. The van der Waals surface area contributed by atoms with Crippen molar-refractivity contribution in [2.75, 3.05) is 20.3 Å². The minimum atomic E-state index is 0.281. The first-order valence-electron chi connectivity index (χ1n) is 7.15. The number of carbonyl (C=O) groups excluding carboxylic acids is 1. The van der Waals surface area contributed by atoms with Crippen LogP contribution in [0, 0.1) is 5.92 Å². The molecule has 2 saturated heterocycles. The molecule has 0 aromatic rings. The predicted octanol–water partition coefficient (Wildman–Crippen LogP) is 2.41. The SMILES string of the molecule is C=CCCCCC(=O)C1CC2COCC(C1)N2C. The minimum Gasteiger partial charge on any atom is -0.378 e. The van der Waals surface area contributed by atoms with Gasteiger partial charge >= 0.3 is 0 Å². The lowest BCUT2D eigenvalue weighted by atomic mass is 9.81. The number of rotatable bonds is 6. The Balaban J connectivity index is 1.79. The molecule has 2 unspecified atom stereocenters. The molecule has 2 bridgehead atoms. The van der Waals surface area contributed by atoms with Crippen molar-refractivity contribution >= 4 is 5.78 Å². The molecule has 0 aromatic carbocycles. The van der Waals surface area contributed by atoms with Crippen molar-refractivity contribution in [2.45, 2.75) is 50.6 Å². The molecule has 0 spiro atoms. The average Bonchev–Trinajstić information content (AvgIpc) is 2.34. The van der Waals surface area contributed by atoms with Crippen LogP contribution in [0.4, 0.5) is 0 Å². The van der Waals surface area contributed by atoms with Crippen molar-refractivity contribution in [3.63, 3.8) is 0 Å². The van der Waals surface area contributed by atoms with E-state index in [1.165, 1.54) is 0 Å². The topological polar surface area (TPSA) is 29.5 Å². The van der Waals surface area contributed by atoms with Crippen LogP contribution in [-0.4, -0.2) is 43.0 Å². The van der Waals surface area contributed by atoms with Crippen LogP contribution in [0.2, 0.25) is 0 Å². The number of piperidine rings is 1. The van der Waals surface area contributed by atoms with Crippen molar-refractivity contribution in [3.05, 3.63) is 12.7 Å². The number of nitrogens with zero attached hydrogens (tertiary/aromatic N) is 1. The van der Waals surface area contributed by atoms with Gasteiger partial charge in [0.15, 0.2) is 0 Å². The standard InChI is InChI=1S/C15H25NO2/c1-3-4-5-6-7-15(17)12-8-13-10-18-11-14(9-12)16(13)2/h3,12-14H,1,4-11H2,2H3. The molecule has 3 heteroatoms. The summed E-state index contributed by atoms with van der Waals surface area (Å²) in [7, 11) is 2.17. The molecule has 0 aliphatic carbocycles. The highest BCUT2D eigenvalue weighted by molar-refractivity contribution is 5.81. The molecule has 0 amide bonds. The van der Waals surface area contributed by atoms with Crippen LogP contribution in [-0.2, 0) is 9.53 Å². The lowest BCUT2D eigenvalue weighted by Gasteiger charge is -2.46. The van der Waals surface area contributed by atoms with Gasteiger partial charge in [0.05, 0.1) is 13.2 Å². The first-order valence-corrected chi connectivity index (χ1v) is 7.15. The van der Waals surface area contributed by atoms with Crippen LogP contribution in [0.5, 0.6) is 0 Å². The van der Waals surface area contributed by atoms with Gasteiger partial charge in [-0.15, -0.1) is 6.58 Å². The number of likely N-dealkylation sites (N-methyl/N-ethyl adjacent to an activating group) is 1. The van der Waals surface area contributed by atoms with Gasteiger partial charge in [-0.25, -0.2) is 0 Å². The largest absolute Gasteiger partial charge is 0.378 e. The van der Waals surface area contributed by atoms with Crippen LogP contribution in [0.3, 0.4) is 0 Å². The van der Waals surface area contributed by atoms with E-state index in [2.05, 4.69) is 18.5 Å². The minimum absolute atomic E-state index is 0.281. The van der Waals surface area contributed by atoms with E-state index in [0.29, 0.717) is 17.9 Å². The molecule has 0 radical (unpaired) electrons. The van der Waals surface area contributed by atoms with Gasteiger partial charge in [-0.05, 0) is 39.2 Å². The Morgan fingerprint density at radius 1 is 1.33 bits per heavy atom. The Kier molecular flexibility index (Phi) is 4.95. The van der Waals surface area contributed by atoms with E-state index in [-0.39, 0.29) is 5.92 Å². The Labute approximate surface area is 110 Å². The van der Waals surface area contributed by atoms with Crippen molar-refractivity contribution in [1.29, 1.82) is 0 Å². The molecule has 2 aliphatic heterocycles. The number of morpholine rings is 1. The monoisotopic (exact) mass is 251 g/mol. The Bertz CT molecular complexity index is 289. The zero-order chi connectivity index (χ0) is 13.0. The summed E-state index contributed by atoms with van der Waals surface area (Å²) in [5.74, 6) is 0.757. The molecular formula is C15H25NO2. The molecule has 102 valence electrons. The van der Waals surface area contributed by atoms with Crippen molar-refractivity contribution in [2.24, 2.45) is 5.92 Å². The fourth-order valence-corrected chi connectivity index (χ4v) is 3.15. The van der Waals surface area contributed by atoms with E-state index in [1.807, 2.05) is 6.08 Å². The Morgan fingerprint density at radius 3 is 2.61 bits per heavy atom. The molecule has 2 aliphatic rings. The highest BCUT2D eigenvalue weighted by Gasteiger charge is 2.38. The summed E-state index contributed by atoms with van der Waals surface area (Å²) in [4.78, 5) is 14.6. The summed E-state index contributed by atoms with van der Waals surface area (Å²) in [6.07, 6.45) is 7.81. The van der Waals surface area contributed by atoms with Crippen molar-refractivity contribution < 1.29 is 9.53 Å². The van der Waals surface area contributed by atoms with Crippen LogP contribution in [0.1, 0.15) is 38.5 Å². The first kappa shape index (κ1) is 13.8. The van der Waals surface area contributed by atoms with E-state index in [4.69, 9.17) is 4.74 Å². The maximum atomic E-state index is 12.2. The van der Waals surface area contributed by atoms with E-state index in [9.17, 15) is 4.79 Å². The number of ether oxygens (including phenoxy) is 1. The first-order chi connectivity index (χ1) is 8.72. The van der Waals surface area contributed by atoms with Gasteiger partial charge in [-0.3, -0.25) is 9.69 Å². The molecular weight excluding hydrogens is 226 g/mol. The molecule has 0 N–H and O–H groups in total. The van der Waals surface area contributed by atoms with Crippen LogP contribution >= 0.6 is 0 Å². The molecule has 18 heavy (non-hydrogen) atoms. The number of allylic oxidation sites excluding steroid dienone is 1. The fraction of sp³-hybridized carbons (Fsp3) is 0.800. The van der Waals surface area contributed by atoms with Crippen molar-refractivity contribution in [1.82, 2.24) is 4.90 Å². The molecule has 2 heterocycles. The number of Topliss-reactive ketones (excluding diaryl/α,β-unsaturated/α-hetero) is 1. The van der Waals surface area contributed by atoms with Gasteiger partial charge < -0.3 is 4.74 Å². The smallest absolute Gasteiger partial charge is 0.136 e. The van der Waals surface area contributed by atoms with E-state index in [0.717, 1.165) is 51.7 Å². The predicted molar refractivity (Wildman–Crippen MR) is 72.6 cm³/mol. The van der Waals surface area contributed by atoms with E-state index in [1.54, 1.807) is 0 Å². The fourth-order valence-electron chi connectivity index (χ4n) is 3.15. The van der Waals surface area contributed by atoms with E-state index >= 15 is 0 Å². The van der Waals surface area contributed by atoms with Gasteiger partial charge in [0, 0.05) is 24.4 Å². The summed E-state index contributed by atoms with van der Waals surface area (Å²) in [6.45, 7) is 5.31. The molecule has 0 saturated carbocycles. The number of fused-ring (bicyclic) bond motifs is 2. The van der Waals surface area contributed by atoms with E-state index < -0.39 is 0 Å². The summed E-state index contributed by atoms with van der Waals surface area (Å²) < 4.78 is 5.58. The molecule has 2 rings (SSSR count). The van der Waals surface area contributed by atoms with Gasteiger partial charge in [0.2, 0.25) is 0 Å². The lowest BCUT2D eigenvalue weighted by molar-refractivity contribution is -0.131. The average molecular weight is 251 g/mol. The van der Waals surface area contributed by atoms with Crippen molar-refractivity contribution in [3.8, 4) is 0 Å². The highest BCUT2D eigenvalue weighted by Crippen LogP contribution is 2.31. The maximum Gasteiger partial charge on any atom is 0.136 e. The molecule has 3 nitrogen and oxygen atoms in total. The third kappa shape index (κ3) is 3.21. The summed E-state index contributed by atoms with van der Waals surface area (Å²) in [5, 5.41) is 0. The second-order valence-corrected chi connectivity index (χ2v) is 5.68. The highest BCUT2D eigenvalue weighted by atomic mass is 16.5. The third-order valence-corrected chi connectivity index (χ3v) is 4.42. The summed E-state index contributed by atoms with van der Waals surface area (Å²) in [6, 6.07) is 0.916. The normalized spacial score (nSPS) is 32.2. The quantitative estimate of drug-likeness (QED) is 0.536. The number of unbranched alkanes of at least 4 members (excludes halogenated alkanes) is 2. The molecule has 2 atom stereocenters. The van der Waals surface area contributed by atoms with Crippen LogP contribution < -0.4 is 0 Å². The van der Waals surface area contributed by atoms with Crippen LogP contribution in [0.15, 0.2) is 12.7 Å². The van der Waals surface area contributed by atoms with Crippen LogP contribution in [0.25, 0.3) is 0 Å². The summed E-state index contributed by atoms with van der Waals surface area (Å²) >= 11 is 0. The van der Waals surface area contributed by atoms with Gasteiger partial charge in [0.25, 0.3) is 0 Å². The van der Waals surface area contributed by atoms with Gasteiger partial charge in [-0.2, -0.15) is 0 Å². The number of hydrogen-bond acceptors (Lipinski definition) is 3. The molecule has 2 fully saturated rings. The Hall–Kier alpha value is -0.670. The summed E-state index contributed by atoms with van der Waals surface area (Å²) in [5.41, 5.74) is 0. The number of hydrogen-bond donors (Lipinski definition) is 0. The maximum absolute atomic E-state index is 12.2. The zero-order valence-electron chi connectivity index (χ0n) is 11.4. The Morgan fingerprint density at radius 2 is 2.00 bits per heavy atom. The number of ketones is 1. The van der Waals surface area contributed by atoms with Gasteiger partial charge in [-0.1, -0.05) is 6.08 Å². The lowest BCUT2D eigenvalue weighted by Crippen LogP contribution is -2.55. The number of carbonyl (C=O) groups is 1. The second kappa shape index (κ2) is 6.48. The second-order valence-electron chi connectivity index (χ2n) is 5.68. The molecule has 0 aromatic heterocycles. The zero-order valence-corrected chi connectivity index (χ0v) is 11.4. The van der Waals surface area contributed by atoms with Gasteiger partial charge in [0.1, 0.15) is 5.78 Å².